The fourth-order valence-electron chi connectivity index (χ4n) is 3.99. The molecule has 5 rings (SSSR count). The Morgan fingerprint density at radius 2 is 1.91 bits per heavy atom. The van der Waals surface area contributed by atoms with Crippen LogP contribution in [0.1, 0.15) is 25.2 Å². The number of rotatable bonds is 6. The van der Waals surface area contributed by atoms with Crippen LogP contribution in [0.15, 0.2) is 59.9 Å². The van der Waals surface area contributed by atoms with Gasteiger partial charge in [-0.05, 0) is 42.8 Å². The Kier molecular flexibility index (Phi) is 5.36. The van der Waals surface area contributed by atoms with Gasteiger partial charge in [-0.1, -0.05) is 13.0 Å². The summed E-state index contributed by atoms with van der Waals surface area (Å²) < 4.78 is 29.3. The van der Waals surface area contributed by atoms with Crippen molar-refractivity contribution in [3.05, 3.63) is 82.9 Å². The van der Waals surface area contributed by atoms with Crippen molar-refractivity contribution in [2.75, 3.05) is 17.4 Å². The Balaban J connectivity index is 1.70. The highest BCUT2D eigenvalue weighted by molar-refractivity contribution is 5.83. The maximum absolute atomic E-state index is 14.6. The maximum atomic E-state index is 14.6. The first-order valence-electron chi connectivity index (χ1n) is 10.6. The Morgan fingerprint density at radius 3 is 2.68 bits per heavy atom. The minimum absolute atomic E-state index is 0.142. The molecule has 2 aromatic carbocycles. The molecule has 9 nitrogen and oxygen atoms in total. The molecule has 3 heterocycles. The van der Waals surface area contributed by atoms with Crippen LogP contribution in [-0.2, 0) is 0 Å². The number of H-pyrrole nitrogens is 1. The molecule has 0 aliphatic rings. The van der Waals surface area contributed by atoms with Crippen LogP contribution in [0.25, 0.3) is 22.1 Å². The zero-order chi connectivity index (χ0) is 23.8. The van der Waals surface area contributed by atoms with Gasteiger partial charge in [0.2, 0.25) is 0 Å². The molecule has 2 N–H and O–H groups in total. The van der Waals surface area contributed by atoms with Crippen molar-refractivity contribution in [2.24, 2.45) is 0 Å². The third kappa shape index (κ3) is 3.60. The van der Waals surface area contributed by atoms with E-state index in [0.717, 1.165) is 0 Å². The first kappa shape index (κ1) is 21.4. The van der Waals surface area contributed by atoms with Crippen molar-refractivity contribution >= 4 is 33.6 Å². The lowest BCUT2D eigenvalue weighted by molar-refractivity contribution is 0.570. The summed E-state index contributed by atoms with van der Waals surface area (Å²) in [5.41, 5.74) is 4.18. The summed E-state index contributed by atoms with van der Waals surface area (Å²) in [7, 11) is 1.82. The van der Waals surface area contributed by atoms with E-state index < -0.39 is 23.2 Å². The van der Waals surface area contributed by atoms with Gasteiger partial charge in [0.05, 0.1) is 23.6 Å². The van der Waals surface area contributed by atoms with E-state index in [1.807, 2.05) is 18.9 Å². The number of hydrogen-bond acceptors (Lipinski definition) is 7. The van der Waals surface area contributed by atoms with Gasteiger partial charge >= 0.3 is 0 Å². The summed E-state index contributed by atoms with van der Waals surface area (Å²) in [4.78, 5) is 35.8. The molecule has 5 aromatic rings. The molecule has 11 heteroatoms. The van der Waals surface area contributed by atoms with E-state index in [1.165, 1.54) is 53.7 Å². The number of anilines is 2. The maximum Gasteiger partial charge on any atom is 0.283 e. The van der Waals surface area contributed by atoms with Crippen molar-refractivity contribution < 1.29 is 8.78 Å². The number of hydrogen-bond donors (Lipinski definition) is 2. The summed E-state index contributed by atoms with van der Waals surface area (Å²) >= 11 is 0. The van der Waals surface area contributed by atoms with Crippen molar-refractivity contribution in [3.8, 4) is 0 Å². The molecule has 3 aromatic heterocycles. The molecule has 172 valence electrons. The summed E-state index contributed by atoms with van der Waals surface area (Å²) in [6, 6.07) is 9.37. The SMILES string of the molecule is CCC(c1nc2cccc(F)c2c(=O)n1Nc1ccc(F)cc1)N(C)c1ncnc2nc[nH]c12. The molecule has 0 amide bonds. The van der Waals surface area contributed by atoms with Gasteiger partial charge in [0.1, 0.15) is 28.9 Å². The average molecular weight is 462 g/mol. The Morgan fingerprint density at radius 1 is 1.12 bits per heavy atom. The second-order valence-electron chi connectivity index (χ2n) is 7.70. The van der Waals surface area contributed by atoms with Gasteiger partial charge in [0, 0.05) is 7.05 Å². The molecular formula is C23H20F2N8O. The van der Waals surface area contributed by atoms with E-state index in [9.17, 15) is 13.6 Å². The van der Waals surface area contributed by atoms with Crippen LogP contribution in [-0.4, -0.2) is 36.6 Å². The highest BCUT2D eigenvalue weighted by Crippen LogP contribution is 2.30. The fourth-order valence-corrected chi connectivity index (χ4v) is 3.99. The zero-order valence-corrected chi connectivity index (χ0v) is 18.3. The van der Waals surface area contributed by atoms with E-state index in [0.29, 0.717) is 34.9 Å². The predicted octanol–water partition coefficient (Wildman–Crippen LogP) is 3.80. The Hall–Kier alpha value is -4.41. The van der Waals surface area contributed by atoms with Crippen molar-refractivity contribution in [3.63, 3.8) is 0 Å². The van der Waals surface area contributed by atoms with Gasteiger partial charge in [0.25, 0.3) is 5.56 Å². The Bertz CT molecular complexity index is 1550. The number of fused-ring (bicyclic) bond motifs is 2. The molecule has 0 aliphatic carbocycles. The number of aromatic nitrogens is 6. The van der Waals surface area contributed by atoms with Gasteiger partial charge < -0.3 is 9.88 Å². The molecule has 0 saturated heterocycles. The van der Waals surface area contributed by atoms with Gasteiger partial charge in [-0.2, -0.15) is 0 Å². The molecular weight excluding hydrogens is 442 g/mol. The second kappa shape index (κ2) is 8.50. The van der Waals surface area contributed by atoms with Crippen LogP contribution in [0.2, 0.25) is 0 Å². The topological polar surface area (TPSA) is 105 Å². The van der Waals surface area contributed by atoms with Crippen LogP contribution in [0.3, 0.4) is 0 Å². The fraction of sp³-hybridized carbons (Fsp3) is 0.174. The summed E-state index contributed by atoms with van der Waals surface area (Å²) in [5.74, 6) is -0.188. The molecule has 0 radical (unpaired) electrons. The smallest absolute Gasteiger partial charge is 0.283 e. The van der Waals surface area contributed by atoms with Crippen LogP contribution in [0, 0.1) is 11.6 Å². The highest BCUT2D eigenvalue weighted by atomic mass is 19.1. The number of benzene rings is 2. The van der Waals surface area contributed by atoms with Gasteiger partial charge in [-0.25, -0.2) is 33.4 Å². The van der Waals surface area contributed by atoms with E-state index >= 15 is 0 Å². The van der Waals surface area contributed by atoms with Gasteiger partial charge in [0.15, 0.2) is 17.3 Å². The van der Waals surface area contributed by atoms with Crippen LogP contribution < -0.4 is 15.9 Å². The first-order chi connectivity index (χ1) is 16.5. The number of nitrogens with zero attached hydrogens (tertiary/aromatic N) is 6. The monoisotopic (exact) mass is 462 g/mol. The quantitative estimate of drug-likeness (QED) is 0.395. The third-order valence-corrected chi connectivity index (χ3v) is 5.65. The van der Waals surface area contributed by atoms with E-state index in [-0.39, 0.29) is 10.9 Å². The molecule has 34 heavy (non-hydrogen) atoms. The number of halogens is 2. The number of nitrogens with one attached hydrogen (secondary N) is 2. The number of imidazole rings is 1. The van der Waals surface area contributed by atoms with E-state index in [1.54, 1.807) is 6.07 Å². The minimum atomic E-state index is -0.674. The molecule has 0 saturated carbocycles. The van der Waals surface area contributed by atoms with Crippen molar-refractivity contribution in [2.45, 2.75) is 19.4 Å². The van der Waals surface area contributed by atoms with E-state index in [2.05, 4.69) is 30.3 Å². The van der Waals surface area contributed by atoms with Crippen molar-refractivity contribution in [1.29, 1.82) is 0 Å². The lowest BCUT2D eigenvalue weighted by atomic mass is 10.1. The lowest BCUT2D eigenvalue weighted by Gasteiger charge is -2.30. The standard InChI is InChI=1S/C23H20F2N8O/c1-3-17(32(2)22-19-20(27-11-26-19)28-12-29-22)21-30-16-6-4-5-15(25)18(16)23(34)33(21)31-14-9-7-13(24)8-10-14/h4-12,17,31H,3H2,1-2H3,(H,26,27,28,29). The highest BCUT2D eigenvalue weighted by Gasteiger charge is 2.26. The first-order valence-corrected chi connectivity index (χ1v) is 10.6. The molecule has 0 bridgehead atoms. The molecule has 0 spiro atoms. The summed E-state index contributed by atoms with van der Waals surface area (Å²) in [6.07, 6.45) is 3.48. The third-order valence-electron chi connectivity index (χ3n) is 5.65. The largest absolute Gasteiger partial charge is 0.348 e. The van der Waals surface area contributed by atoms with Crippen LogP contribution in [0.5, 0.6) is 0 Å². The normalized spacial score (nSPS) is 12.2. The van der Waals surface area contributed by atoms with Crippen LogP contribution >= 0.6 is 0 Å². The summed E-state index contributed by atoms with van der Waals surface area (Å²) in [6.45, 7) is 1.94. The van der Waals surface area contributed by atoms with Crippen LogP contribution in [0.4, 0.5) is 20.3 Å². The minimum Gasteiger partial charge on any atom is -0.348 e. The summed E-state index contributed by atoms with van der Waals surface area (Å²) in [5, 5.41) is -0.142. The van der Waals surface area contributed by atoms with Crippen molar-refractivity contribution in [1.82, 2.24) is 29.6 Å². The average Bonchev–Trinajstić information content (AvgIpc) is 3.32. The molecule has 0 aliphatic heterocycles. The second-order valence-corrected chi connectivity index (χ2v) is 7.70. The van der Waals surface area contributed by atoms with Gasteiger partial charge in [-0.15, -0.1) is 0 Å². The predicted molar refractivity (Wildman–Crippen MR) is 125 cm³/mol. The zero-order valence-electron chi connectivity index (χ0n) is 18.3. The van der Waals surface area contributed by atoms with E-state index in [4.69, 9.17) is 0 Å². The lowest BCUT2D eigenvalue weighted by Crippen LogP contribution is -2.37. The number of aromatic amines is 1. The van der Waals surface area contributed by atoms with Gasteiger partial charge in [-0.3, -0.25) is 10.2 Å². The molecule has 0 fully saturated rings. The molecule has 1 unspecified atom stereocenters. The molecule has 1 atom stereocenters. The Labute approximate surface area is 192 Å².